The summed E-state index contributed by atoms with van der Waals surface area (Å²) < 4.78 is 5.07. The minimum absolute atomic E-state index is 0.330. The van der Waals surface area contributed by atoms with Gasteiger partial charge in [0.15, 0.2) is 0 Å². The van der Waals surface area contributed by atoms with Gasteiger partial charge in [0, 0.05) is 13.1 Å². The van der Waals surface area contributed by atoms with Crippen molar-refractivity contribution in [3.63, 3.8) is 0 Å². The van der Waals surface area contributed by atoms with E-state index in [1.165, 1.54) is 11.1 Å². The van der Waals surface area contributed by atoms with Crippen LogP contribution in [0.1, 0.15) is 11.1 Å². The molecular weight excluding hydrogens is 242 g/mol. The highest BCUT2D eigenvalue weighted by molar-refractivity contribution is 5.76. The largest absolute Gasteiger partial charge is 0.481 e. The van der Waals surface area contributed by atoms with Gasteiger partial charge in [0.25, 0.3) is 0 Å². The molecule has 2 rings (SSSR count). The van der Waals surface area contributed by atoms with Gasteiger partial charge in [-0.2, -0.15) is 0 Å². The smallest absolute Gasteiger partial charge is 0.315 e. The van der Waals surface area contributed by atoms with E-state index in [0.29, 0.717) is 19.8 Å². The zero-order valence-electron chi connectivity index (χ0n) is 11.6. The third-order valence-corrected chi connectivity index (χ3v) is 3.65. The van der Waals surface area contributed by atoms with Crippen LogP contribution in [0.25, 0.3) is 0 Å². The Labute approximate surface area is 114 Å². The highest BCUT2D eigenvalue weighted by atomic mass is 16.5. The molecule has 1 heterocycles. The van der Waals surface area contributed by atoms with E-state index < -0.39 is 11.4 Å². The molecule has 0 saturated carbocycles. The molecule has 0 aliphatic carbocycles. The third kappa shape index (κ3) is 3.33. The number of aliphatic carboxylic acids is 1. The number of hydrogen-bond acceptors (Lipinski definition) is 3. The van der Waals surface area contributed by atoms with Crippen molar-refractivity contribution in [2.45, 2.75) is 13.3 Å². The second-order valence-corrected chi connectivity index (χ2v) is 5.56. The van der Waals surface area contributed by atoms with Gasteiger partial charge in [-0.1, -0.05) is 29.8 Å². The van der Waals surface area contributed by atoms with Crippen LogP contribution in [0.4, 0.5) is 0 Å². The number of aryl methyl sites for hydroxylation is 1. The first-order chi connectivity index (χ1) is 9.02. The maximum absolute atomic E-state index is 11.3. The molecule has 0 bridgehead atoms. The van der Waals surface area contributed by atoms with E-state index in [9.17, 15) is 9.90 Å². The van der Waals surface area contributed by atoms with E-state index in [1.807, 2.05) is 7.05 Å². The highest BCUT2D eigenvalue weighted by Gasteiger charge is 2.46. The molecule has 0 atom stereocenters. The summed E-state index contributed by atoms with van der Waals surface area (Å²) >= 11 is 0. The number of rotatable bonds is 6. The van der Waals surface area contributed by atoms with Gasteiger partial charge < -0.3 is 14.7 Å². The molecule has 0 radical (unpaired) electrons. The molecule has 1 aliphatic heterocycles. The molecule has 0 amide bonds. The minimum atomic E-state index is -0.749. The molecule has 1 N–H and O–H groups in total. The summed E-state index contributed by atoms with van der Waals surface area (Å²) in [6, 6.07) is 8.43. The lowest BCUT2D eigenvalue weighted by molar-refractivity contribution is -0.182. The molecule has 104 valence electrons. The molecule has 1 aromatic carbocycles. The topological polar surface area (TPSA) is 49.8 Å². The second-order valence-electron chi connectivity index (χ2n) is 5.56. The lowest BCUT2D eigenvalue weighted by Gasteiger charge is -2.40. The Balaban J connectivity index is 1.85. The number of carboxylic acid groups (broad SMARTS) is 1. The summed E-state index contributed by atoms with van der Waals surface area (Å²) in [5, 5.41) is 9.25. The third-order valence-electron chi connectivity index (χ3n) is 3.65. The fourth-order valence-corrected chi connectivity index (χ4v) is 2.41. The second kappa shape index (κ2) is 5.72. The van der Waals surface area contributed by atoms with Crippen molar-refractivity contribution < 1.29 is 14.6 Å². The predicted octanol–water partition coefficient (Wildman–Crippen LogP) is 1.57. The Hall–Kier alpha value is -1.39. The van der Waals surface area contributed by atoms with Gasteiger partial charge in [0.05, 0.1) is 13.2 Å². The molecule has 4 nitrogen and oxygen atoms in total. The Bertz CT molecular complexity index is 454. The Morgan fingerprint density at radius 3 is 2.74 bits per heavy atom. The molecule has 4 heteroatoms. The molecular formula is C15H21NO3. The SMILES string of the molecule is Cc1cccc(CCN(C)CC2(C(=O)O)COC2)c1. The summed E-state index contributed by atoms with van der Waals surface area (Å²) in [5.41, 5.74) is 1.86. The molecule has 19 heavy (non-hydrogen) atoms. The number of ether oxygens (including phenoxy) is 1. The van der Waals surface area contributed by atoms with Gasteiger partial charge in [-0.15, -0.1) is 0 Å². The van der Waals surface area contributed by atoms with Crippen LogP contribution in [0.15, 0.2) is 24.3 Å². The average molecular weight is 263 g/mol. The zero-order valence-corrected chi connectivity index (χ0v) is 11.6. The molecule has 0 spiro atoms. The van der Waals surface area contributed by atoms with Crippen molar-refractivity contribution in [2.75, 3.05) is 33.4 Å². The molecule has 0 aromatic heterocycles. The van der Waals surface area contributed by atoms with Crippen molar-refractivity contribution in [2.24, 2.45) is 5.41 Å². The number of carboxylic acids is 1. The number of carbonyl (C=O) groups is 1. The van der Waals surface area contributed by atoms with Crippen LogP contribution in [-0.4, -0.2) is 49.3 Å². The normalized spacial score (nSPS) is 17.2. The number of benzene rings is 1. The summed E-state index contributed by atoms with van der Waals surface area (Å²) in [6.45, 7) is 4.15. The van der Waals surface area contributed by atoms with Gasteiger partial charge in [0.1, 0.15) is 5.41 Å². The van der Waals surface area contributed by atoms with Crippen LogP contribution in [0.5, 0.6) is 0 Å². The number of hydrogen-bond donors (Lipinski definition) is 1. The van der Waals surface area contributed by atoms with Gasteiger partial charge in [0.2, 0.25) is 0 Å². The molecule has 0 unspecified atom stereocenters. The van der Waals surface area contributed by atoms with Gasteiger partial charge in [-0.25, -0.2) is 0 Å². The highest BCUT2D eigenvalue weighted by Crippen LogP contribution is 2.28. The summed E-state index contributed by atoms with van der Waals surface area (Å²) in [6.07, 6.45) is 0.939. The van der Waals surface area contributed by atoms with E-state index in [4.69, 9.17) is 4.74 Å². The molecule has 1 fully saturated rings. The number of nitrogens with zero attached hydrogens (tertiary/aromatic N) is 1. The van der Waals surface area contributed by atoms with Gasteiger partial charge >= 0.3 is 5.97 Å². The fraction of sp³-hybridized carbons (Fsp3) is 0.533. The van der Waals surface area contributed by atoms with Crippen LogP contribution in [-0.2, 0) is 16.0 Å². The van der Waals surface area contributed by atoms with Crippen molar-refractivity contribution in [1.29, 1.82) is 0 Å². The first kappa shape index (κ1) is 14.0. The van der Waals surface area contributed by atoms with Crippen LogP contribution in [0, 0.1) is 12.3 Å². The van der Waals surface area contributed by atoms with Crippen molar-refractivity contribution >= 4 is 5.97 Å². The maximum Gasteiger partial charge on any atom is 0.315 e. The fourth-order valence-electron chi connectivity index (χ4n) is 2.41. The molecule has 1 aromatic rings. The van der Waals surface area contributed by atoms with E-state index in [1.54, 1.807) is 0 Å². The Morgan fingerprint density at radius 2 is 2.21 bits per heavy atom. The summed E-state index contributed by atoms with van der Waals surface area (Å²) in [7, 11) is 1.97. The van der Waals surface area contributed by atoms with E-state index in [0.717, 1.165) is 13.0 Å². The van der Waals surface area contributed by atoms with Crippen LogP contribution in [0.2, 0.25) is 0 Å². The Kier molecular flexibility index (Phi) is 4.22. The molecule has 1 aliphatic rings. The van der Waals surface area contributed by atoms with Crippen molar-refractivity contribution in [3.8, 4) is 0 Å². The lowest BCUT2D eigenvalue weighted by Crippen LogP contribution is -2.55. The maximum atomic E-state index is 11.3. The van der Waals surface area contributed by atoms with E-state index in [2.05, 4.69) is 36.1 Å². The quantitative estimate of drug-likeness (QED) is 0.846. The standard InChI is InChI=1S/C15H21NO3/c1-12-4-3-5-13(8-12)6-7-16(2)9-15(14(17)18)10-19-11-15/h3-5,8H,6-7,9-11H2,1-2H3,(H,17,18). The van der Waals surface area contributed by atoms with Gasteiger partial charge in [-0.05, 0) is 26.0 Å². The number of likely N-dealkylation sites (N-methyl/N-ethyl adjacent to an activating group) is 1. The van der Waals surface area contributed by atoms with Gasteiger partial charge in [-0.3, -0.25) is 4.79 Å². The first-order valence-electron chi connectivity index (χ1n) is 6.57. The minimum Gasteiger partial charge on any atom is -0.481 e. The average Bonchev–Trinajstić information content (AvgIpc) is 2.31. The van der Waals surface area contributed by atoms with E-state index >= 15 is 0 Å². The summed E-state index contributed by atoms with van der Waals surface area (Å²) in [5.74, 6) is -0.749. The lowest BCUT2D eigenvalue weighted by atomic mass is 9.85. The molecule has 1 saturated heterocycles. The van der Waals surface area contributed by atoms with Crippen LogP contribution in [0.3, 0.4) is 0 Å². The summed E-state index contributed by atoms with van der Waals surface area (Å²) in [4.78, 5) is 13.3. The van der Waals surface area contributed by atoms with Crippen molar-refractivity contribution in [3.05, 3.63) is 35.4 Å². The zero-order chi connectivity index (χ0) is 13.9. The van der Waals surface area contributed by atoms with Crippen LogP contribution < -0.4 is 0 Å². The van der Waals surface area contributed by atoms with E-state index in [-0.39, 0.29) is 0 Å². The first-order valence-corrected chi connectivity index (χ1v) is 6.57. The Morgan fingerprint density at radius 1 is 1.47 bits per heavy atom. The van der Waals surface area contributed by atoms with Crippen LogP contribution >= 0.6 is 0 Å². The monoisotopic (exact) mass is 263 g/mol. The predicted molar refractivity (Wildman–Crippen MR) is 73.3 cm³/mol. The van der Waals surface area contributed by atoms with Crippen molar-refractivity contribution in [1.82, 2.24) is 4.90 Å².